The Hall–Kier alpha value is -2.36. The number of aromatic nitrogens is 2. The summed E-state index contributed by atoms with van der Waals surface area (Å²) in [5, 5.41) is 3.01. The van der Waals surface area contributed by atoms with Crippen LogP contribution in [0.1, 0.15) is 25.7 Å². The SMILES string of the molecule is O=C(Nc1ccccc1-n1ccnc1)C1=CCCCC1. The van der Waals surface area contributed by atoms with Crippen LogP contribution in [0.3, 0.4) is 0 Å². The second-order valence-corrected chi connectivity index (χ2v) is 4.92. The molecule has 1 aromatic heterocycles. The Bertz CT molecular complexity index is 629. The van der Waals surface area contributed by atoms with Gasteiger partial charge in [-0.2, -0.15) is 0 Å². The molecule has 0 spiro atoms. The van der Waals surface area contributed by atoms with E-state index in [9.17, 15) is 4.79 Å². The number of rotatable bonds is 3. The lowest BCUT2D eigenvalue weighted by atomic mass is 9.99. The molecule has 0 saturated carbocycles. The highest BCUT2D eigenvalue weighted by Crippen LogP contribution is 2.23. The summed E-state index contributed by atoms with van der Waals surface area (Å²) in [4.78, 5) is 16.3. The summed E-state index contributed by atoms with van der Waals surface area (Å²) in [6.45, 7) is 0. The van der Waals surface area contributed by atoms with Gasteiger partial charge < -0.3 is 9.88 Å². The average molecular weight is 267 g/mol. The zero-order valence-electron chi connectivity index (χ0n) is 11.2. The number of benzene rings is 1. The lowest BCUT2D eigenvalue weighted by Crippen LogP contribution is -2.17. The molecular formula is C16H17N3O. The molecule has 2 aromatic rings. The van der Waals surface area contributed by atoms with Crippen LogP contribution in [0.2, 0.25) is 0 Å². The quantitative estimate of drug-likeness (QED) is 0.927. The highest BCUT2D eigenvalue weighted by molar-refractivity contribution is 6.04. The first kappa shape index (κ1) is 12.7. The Labute approximate surface area is 118 Å². The Morgan fingerprint density at radius 1 is 1.25 bits per heavy atom. The normalized spacial score (nSPS) is 14.7. The van der Waals surface area contributed by atoms with Crippen molar-refractivity contribution in [1.82, 2.24) is 9.55 Å². The Morgan fingerprint density at radius 2 is 2.15 bits per heavy atom. The van der Waals surface area contributed by atoms with E-state index < -0.39 is 0 Å². The number of nitrogens with one attached hydrogen (secondary N) is 1. The zero-order chi connectivity index (χ0) is 13.8. The fraction of sp³-hybridized carbons (Fsp3) is 0.250. The van der Waals surface area contributed by atoms with Gasteiger partial charge in [-0.3, -0.25) is 4.79 Å². The van der Waals surface area contributed by atoms with Crippen LogP contribution in [-0.2, 0) is 4.79 Å². The van der Waals surface area contributed by atoms with Crippen molar-refractivity contribution in [2.24, 2.45) is 0 Å². The number of allylic oxidation sites excluding steroid dienone is 1. The van der Waals surface area contributed by atoms with Gasteiger partial charge in [0.05, 0.1) is 17.7 Å². The predicted octanol–water partition coefficient (Wildman–Crippen LogP) is 3.31. The summed E-state index contributed by atoms with van der Waals surface area (Å²) in [6.07, 6.45) is 11.5. The molecule has 4 nitrogen and oxygen atoms in total. The van der Waals surface area contributed by atoms with Gasteiger partial charge in [0.2, 0.25) is 0 Å². The number of hydrogen-bond donors (Lipinski definition) is 1. The molecule has 0 bridgehead atoms. The fourth-order valence-corrected chi connectivity index (χ4v) is 2.45. The molecule has 20 heavy (non-hydrogen) atoms. The smallest absolute Gasteiger partial charge is 0.251 e. The molecule has 102 valence electrons. The van der Waals surface area contributed by atoms with E-state index in [4.69, 9.17) is 0 Å². The van der Waals surface area contributed by atoms with E-state index in [0.717, 1.165) is 36.2 Å². The molecule has 0 radical (unpaired) electrons. The third-order valence-corrected chi connectivity index (χ3v) is 3.52. The summed E-state index contributed by atoms with van der Waals surface area (Å²) in [5.74, 6) is 0.0114. The molecular weight excluding hydrogens is 250 g/mol. The van der Waals surface area contributed by atoms with Crippen molar-refractivity contribution in [3.63, 3.8) is 0 Å². The molecule has 0 atom stereocenters. The van der Waals surface area contributed by atoms with Crippen molar-refractivity contribution in [2.75, 3.05) is 5.32 Å². The molecule has 0 fully saturated rings. The van der Waals surface area contributed by atoms with Gasteiger partial charge >= 0.3 is 0 Å². The number of carbonyl (C=O) groups excluding carboxylic acids is 1. The van der Waals surface area contributed by atoms with Gasteiger partial charge in [0.15, 0.2) is 0 Å². The van der Waals surface area contributed by atoms with Crippen LogP contribution in [0.25, 0.3) is 5.69 Å². The minimum atomic E-state index is 0.0114. The van der Waals surface area contributed by atoms with Gasteiger partial charge in [0.25, 0.3) is 5.91 Å². The van der Waals surface area contributed by atoms with Crippen molar-refractivity contribution >= 4 is 11.6 Å². The highest BCUT2D eigenvalue weighted by atomic mass is 16.1. The highest BCUT2D eigenvalue weighted by Gasteiger charge is 2.14. The van der Waals surface area contributed by atoms with E-state index in [-0.39, 0.29) is 5.91 Å². The molecule has 4 heteroatoms. The van der Waals surface area contributed by atoms with Crippen LogP contribution < -0.4 is 5.32 Å². The number of hydrogen-bond acceptors (Lipinski definition) is 2. The molecule has 1 heterocycles. The molecule has 0 saturated heterocycles. The third kappa shape index (κ3) is 2.64. The lowest BCUT2D eigenvalue weighted by molar-refractivity contribution is -0.113. The number of imidazole rings is 1. The second kappa shape index (κ2) is 5.74. The molecule has 1 amide bonds. The maximum atomic E-state index is 12.3. The van der Waals surface area contributed by atoms with E-state index in [0.29, 0.717) is 0 Å². The minimum Gasteiger partial charge on any atom is -0.320 e. The Morgan fingerprint density at radius 3 is 2.90 bits per heavy atom. The number of carbonyl (C=O) groups is 1. The van der Waals surface area contributed by atoms with E-state index in [1.807, 2.05) is 35.0 Å². The monoisotopic (exact) mass is 267 g/mol. The molecule has 3 rings (SSSR count). The van der Waals surface area contributed by atoms with Crippen LogP contribution in [0.5, 0.6) is 0 Å². The van der Waals surface area contributed by atoms with Gasteiger partial charge in [-0.05, 0) is 37.8 Å². The van der Waals surface area contributed by atoms with Gasteiger partial charge in [-0.25, -0.2) is 4.98 Å². The van der Waals surface area contributed by atoms with Crippen LogP contribution in [0.15, 0.2) is 54.6 Å². The topological polar surface area (TPSA) is 46.9 Å². The molecule has 1 aliphatic rings. The van der Waals surface area contributed by atoms with Crippen LogP contribution in [0.4, 0.5) is 5.69 Å². The first-order valence-corrected chi connectivity index (χ1v) is 6.92. The van der Waals surface area contributed by atoms with Gasteiger partial charge in [0, 0.05) is 18.0 Å². The second-order valence-electron chi connectivity index (χ2n) is 4.92. The van der Waals surface area contributed by atoms with Crippen molar-refractivity contribution in [1.29, 1.82) is 0 Å². The zero-order valence-corrected chi connectivity index (χ0v) is 11.2. The first-order chi connectivity index (χ1) is 9.84. The Kier molecular flexibility index (Phi) is 3.63. The van der Waals surface area contributed by atoms with Crippen molar-refractivity contribution in [3.05, 3.63) is 54.6 Å². The van der Waals surface area contributed by atoms with Gasteiger partial charge in [-0.1, -0.05) is 18.2 Å². The summed E-state index contributed by atoms with van der Waals surface area (Å²) in [7, 11) is 0. The first-order valence-electron chi connectivity index (χ1n) is 6.92. The van der Waals surface area contributed by atoms with Gasteiger partial charge in [0.1, 0.15) is 0 Å². The lowest BCUT2D eigenvalue weighted by Gasteiger charge is -2.15. The summed E-state index contributed by atoms with van der Waals surface area (Å²) >= 11 is 0. The molecule has 1 aliphatic carbocycles. The summed E-state index contributed by atoms with van der Waals surface area (Å²) < 4.78 is 1.89. The van der Waals surface area contributed by atoms with Crippen LogP contribution in [-0.4, -0.2) is 15.5 Å². The average Bonchev–Trinajstić information content (AvgIpc) is 3.03. The number of anilines is 1. The predicted molar refractivity (Wildman–Crippen MR) is 78.7 cm³/mol. The van der Waals surface area contributed by atoms with Crippen molar-refractivity contribution in [2.45, 2.75) is 25.7 Å². The molecule has 0 unspecified atom stereocenters. The van der Waals surface area contributed by atoms with Crippen LogP contribution >= 0.6 is 0 Å². The molecule has 0 aliphatic heterocycles. The largest absolute Gasteiger partial charge is 0.320 e. The maximum Gasteiger partial charge on any atom is 0.251 e. The summed E-state index contributed by atoms with van der Waals surface area (Å²) in [5.41, 5.74) is 2.63. The number of amides is 1. The Balaban J connectivity index is 1.84. The van der Waals surface area contributed by atoms with E-state index in [1.165, 1.54) is 6.42 Å². The summed E-state index contributed by atoms with van der Waals surface area (Å²) in [6, 6.07) is 7.75. The van der Waals surface area contributed by atoms with Crippen LogP contribution in [0, 0.1) is 0 Å². The molecule has 1 N–H and O–H groups in total. The maximum absolute atomic E-state index is 12.3. The fourth-order valence-electron chi connectivity index (χ4n) is 2.45. The van der Waals surface area contributed by atoms with E-state index >= 15 is 0 Å². The van der Waals surface area contributed by atoms with E-state index in [1.54, 1.807) is 12.5 Å². The third-order valence-electron chi connectivity index (χ3n) is 3.52. The van der Waals surface area contributed by atoms with Crippen molar-refractivity contribution in [3.8, 4) is 5.69 Å². The number of nitrogens with zero attached hydrogens (tertiary/aromatic N) is 2. The number of para-hydroxylation sites is 2. The standard InChI is InChI=1S/C16H17N3O/c20-16(13-6-2-1-3-7-13)18-14-8-4-5-9-15(14)19-11-10-17-12-19/h4-6,8-12H,1-3,7H2,(H,18,20). The molecule has 1 aromatic carbocycles. The van der Waals surface area contributed by atoms with Crippen molar-refractivity contribution < 1.29 is 4.79 Å². The minimum absolute atomic E-state index is 0.0114. The van der Waals surface area contributed by atoms with E-state index in [2.05, 4.69) is 16.4 Å². The van der Waals surface area contributed by atoms with Gasteiger partial charge in [-0.15, -0.1) is 0 Å².